The highest BCUT2D eigenvalue weighted by atomic mass is 19.1. The van der Waals surface area contributed by atoms with Gasteiger partial charge in [-0.2, -0.15) is 0 Å². The summed E-state index contributed by atoms with van der Waals surface area (Å²) in [4.78, 5) is 0. The SMILES string of the molecule is COc1cccc(F)c1Oc1cccc(O)c1. The van der Waals surface area contributed by atoms with Crippen molar-refractivity contribution >= 4 is 0 Å². The van der Waals surface area contributed by atoms with Gasteiger partial charge in [0.05, 0.1) is 7.11 Å². The molecule has 4 heteroatoms. The molecule has 88 valence electrons. The Morgan fingerprint density at radius 1 is 1.12 bits per heavy atom. The summed E-state index contributed by atoms with van der Waals surface area (Å²) in [5, 5.41) is 9.28. The second-order valence-electron chi connectivity index (χ2n) is 3.37. The molecule has 2 aromatic rings. The lowest BCUT2D eigenvalue weighted by Gasteiger charge is -2.10. The lowest BCUT2D eigenvalue weighted by atomic mass is 10.3. The molecule has 0 saturated carbocycles. The average Bonchev–Trinajstić information content (AvgIpc) is 2.32. The van der Waals surface area contributed by atoms with E-state index in [9.17, 15) is 9.50 Å². The fourth-order valence-corrected chi connectivity index (χ4v) is 1.41. The van der Waals surface area contributed by atoms with Crippen molar-refractivity contribution in [3.63, 3.8) is 0 Å². The molecule has 0 amide bonds. The van der Waals surface area contributed by atoms with Crippen molar-refractivity contribution in [3.8, 4) is 23.0 Å². The van der Waals surface area contributed by atoms with Gasteiger partial charge in [0.2, 0.25) is 5.75 Å². The van der Waals surface area contributed by atoms with Crippen LogP contribution >= 0.6 is 0 Å². The van der Waals surface area contributed by atoms with Crippen LogP contribution in [0.5, 0.6) is 23.0 Å². The van der Waals surface area contributed by atoms with Crippen molar-refractivity contribution in [3.05, 3.63) is 48.3 Å². The van der Waals surface area contributed by atoms with Crippen LogP contribution in [0.25, 0.3) is 0 Å². The monoisotopic (exact) mass is 234 g/mol. The van der Waals surface area contributed by atoms with Crippen molar-refractivity contribution in [1.29, 1.82) is 0 Å². The third kappa shape index (κ3) is 2.47. The van der Waals surface area contributed by atoms with Gasteiger partial charge in [-0.3, -0.25) is 0 Å². The molecule has 2 rings (SSSR count). The van der Waals surface area contributed by atoms with Crippen LogP contribution in [0.15, 0.2) is 42.5 Å². The maximum absolute atomic E-state index is 13.6. The van der Waals surface area contributed by atoms with E-state index >= 15 is 0 Å². The third-order valence-corrected chi connectivity index (χ3v) is 2.19. The minimum absolute atomic E-state index is 0.000556. The lowest BCUT2D eigenvalue weighted by molar-refractivity contribution is 0.363. The second kappa shape index (κ2) is 4.74. The van der Waals surface area contributed by atoms with E-state index in [4.69, 9.17) is 9.47 Å². The minimum Gasteiger partial charge on any atom is -0.508 e. The standard InChI is InChI=1S/C13H11FO3/c1-16-12-7-3-6-11(14)13(12)17-10-5-2-4-9(15)8-10/h2-8,15H,1H3. The quantitative estimate of drug-likeness (QED) is 0.885. The molecule has 1 N–H and O–H groups in total. The van der Waals surface area contributed by atoms with Crippen molar-refractivity contribution < 1.29 is 19.0 Å². The number of methoxy groups -OCH3 is 1. The first-order chi connectivity index (χ1) is 8.20. The van der Waals surface area contributed by atoms with Gasteiger partial charge in [0.1, 0.15) is 11.5 Å². The van der Waals surface area contributed by atoms with E-state index in [1.807, 2.05) is 0 Å². The Morgan fingerprint density at radius 3 is 2.59 bits per heavy atom. The van der Waals surface area contributed by atoms with E-state index < -0.39 is 5.82 Å². The Kier molecular flexibility index (Phi) is 3.14. The molecule has 17 heavy (non-hydrogen) atoms. The number of phenols is 1. The van der Waals surface area contributed by atoms with Gasteiger partial charge in [0.15, 0.2) is 11.6 Å². The molecule has 0 aromatic heterocycles. The van der Waals surface area contributed by atoms with Gasteiger partial charge < -0.3 is 14.6 Å². The zero-order valence-corrected chi connectivity index (χ0v) is 9.18. The van der Waals surface area contributed by atoms with E-state index in [-0.39, 0.29) is 11.5 Å². The van der Waals surface area contributed by atoms with Gasteiger partial charge >= 0.3 is 0 Å². The van der Waals surface area contributed by atoms with E-state index in [2.05, 4.69) is 0 Å². The Hall–Kier alpha value is -2.23. The van der Waals surface area contributed by atoms with E-state index in [0.29, 0.717) is 11.5 Å². The number of phenolic OH excluding ortho intramolecular Hbond substituents is 1. The fraction of sp³-hybridized carbons (Fsp3) is 0.0769. The number of para-hydroxylation sites is 1. The average molecular weight is 234 g/mol. The minimum atomic E-state index is -0.521. The van der Waals surface area contributed by atoms with E-state index in [1.165, 1.54) is 31.4 Å². The maximum atomic E-state index is 13.6. The van der Waals surface area contributed by atoms with Gasteiger partial charge in [-0.15, -0.1) is 0 Å². The van der Waals surface area contributed by atoms with Crippen LogP contribution in [0.3, 0.4) is 0 Å². The number of aromatic hydroxyl groups is 1. The Bertz CT molecular complexity index is 526. The summed E-state index contributed by atoms with van der Waals surface area (Å²) in [5.41, 5.74) is 0. The number of ether oxygens (including phenoxy) is 2. The normalized spacial score (nSPS) is 10.0. The summed E-state index contributed by atoms with van der Waals surface area (Å²) in [6, 6.07) is 10.5. The van der Waals surface area contributed by atoms with Gasteiger partial charge in [-0.25, -0.2) is 4.39 Å². The molecule has 0 unspecified atom stereocenters. The number of hydrogen-bond donors (Lipinski definition) is 1. The molecular formula is C13H11FO3. The summed E-state index contributed by atoms with van der Waals surface area (Å²) < 4.78 is 23.9. The van der Waals surface area contributed by atoms with Crippen molar-refractivity contribution in [2.75, 3.05) is 7.11 Å². The molecule has 0 bridgehead atoms. The maximum Gasteiger partial charge on any atom is 0.204 e. The van der Waals surface area contributed by atoms with Crippen LogP contribution in [-0.2, 0) is 0 Å². The smallest absolute Gasteiger partial charge is 0.204 e. The summed E-state index contributed by atoms with van der Waals surface area (Å²) in [6.45, 7) is 0. The topological polar surface area (TPSA) is 38.7 Å². The first-order valence-electron chi connectivity index (χ1n) is 5.00. The predicted octanol–water partition coefficient (Wildman–Crippen LogP) is 3.33. The fourth-order valence-electron chi connectivity index (χ4n) is 1.41. The molecule has 0 spiro atoms. The lowest BCUT2D eigenvalue weighted by Crippen LogP contribution is -1.93. The van der Waals surface area contributed by atoms with Gasteiger partial charge in [-0.1, -0.05) is 12.1 Å². The largest absolute Gasteiger partial charge is 0.508 e. The zero-order chi connectivity index (χ0) is 12.3. The highest BCUT2D eigenvalue weighted by Crippen LogP contribution is 2.34. The molecule has 3 nitrogen and oxygen atoms in total. The number of halogens is 1. The van der Waals surface area contributed by atoms with Gasteiger partial charge in [0, 0.05) is 6.07 Å². The Balaban J connectivity index is 2.35. The first kappa shape index (κ1) is 11.3. The molecule has 0 aliphatic heterocycles. The number of benzene rings is 2. The second-order valence-corrected chi connectivity index (χ2v) is 3.37. The van der Waals surface area contributed by atoms with Crippen LogP contribution in [0.2, 0.25) is 0 Å². The van der Waals surface area contributed by atoms with Gasteiger partial charge in [-0.05, 0) is 24.3 Å². The van der Waals surface area contributed by atoms with Crippen LogP contribution in [0.1, 0.15) is 0 Å². The number of rotatable bonds is 3. The van der Waals surface area contributed by atoms with Crippen LogP contribution < -0.4 is 9.47 Å². The summed E-state index contributed by atoms with van der Waals surface area (Å²) >= 11 is 0. The molecule has 2 aromatic carbocycles. The van der Waals surface area contributed by atoms with Crippen molar-refractivity contribution in [2.24, 2.45) is 0 Å². The molecule has 0 fully saturated rings. The first-order valence-corrected chi connectivity index (χ1v) is 5.00. The van der Waals surface area contributed by atoms with Crippen molar-refractivity contribution in [1.82, 2.24) is 0 Å². The summed E-state index contributed by atoms with van der Waals surface area (Å²) in [7, 11) is 1.43. The molecule has 0 radical (unpaired) electrons. The molecule has 0 aliphatic carbocycles. The zero-order valence-electron chi connectivity index (χ0n) is 9.18. The highest BCUT2D eigenvalue weighted by Gasteiger charge is 2.11. The summed E-state index contributed by atoms with van der Waals surface area (Å²) in [6.07, 6.45) is 0. The van der Waals surface area contributed by atoms with Crippen LogP contribution in [0.4, 0.5) is 4.39 Å². The predicted molar refractivity (Wildman–Crippen MR) is 61.1 cm³/mol. The van der Waals surface area contributed by atoms with Crippen molar-refractivity contribution in [2.45, 2.75) is 0 Å². The molecule has 0 atom stereocenters. The molecule has 0 aliphatic rings. The summed E-state index contributed by atoms with van der Waals surface area (Å²) in [5.74, 6) is 0.174. The molecule has 0 heterocycles. The number of hydrogen-bond acceptors (Lipinski definition) is 3. The third-order valence-electron chi connectivity index (χ3n) is 2.19. The van der Waals surface area contributed by atoms with E-state index in [0.717, 1.165) is 0 Å². The molecular weight excluding hydrogens is 223 g/mol. The van der Waals surface area contributed by atoms with E-state index in [1.54, 1.807) is 18.2 Å². The molecule has 0 saturated heterocycles. The Morgan fingerprint density at radius 2 is 1.88 bits per heavy atom. The van der Waals surface area contributed by atoms with Gasteiger partial charge in [0.25, 0.3) is 0 Å². The van der Waals surface area contributed by atoms with Crippen LogP contribution in [-0.4, -0.2) is 12.2 Å². The Labute approximate surface area is 98.0 Å². The van der Waals surface area contributed by atoms with Crippen LogP contribution in [0, 0.1) is 5.82 Å². The highest BCUT2D eigenvalue weighted by molar-refractivity contribution is 5.44.